The van der Waals surface area contributed by atoms with Gasteiger partial charge in [0.15, 0.2) is 0 Å². The van der Waals surface area contributed by atoms with E-state index in [9.17, 15) is 14.0 Å². The third kappa shape index (κ3) is 4.04. The fourth-order valence-corrected chi connectivity index (χ4v) is 4.08. The summed E-state index contributed by atoms with van der Waals surface area (Å²) in [5.74, 6) is -0.604. The number of aromatic nitrogens is 2. The summed E-state index contributed by atoms with van der Waals surface area (Å²) in [6.45, 7) is 5.92. The molecule has 0 aliphatic carbocycles. The molecule has 1 atom stereocenters. The van der Waals surface area contributed by atoms with Crippen LogP contribution in [0, 0.1) is 19.7 Å². The van der Waals surface area contributed by atoms with Crippen molar-refractivity contribution in [3.05, 3.63) is 105 Å². The number of halogens is 1. The lowest BCUT2D eigenvalue weighted by Crippen LogP contribution is -2.36. The van der Waals surface area contributed by atoms with E-state index >= 15 is 0 Å². The molecule has 0 saturated carbocycles. The Balaban J connectivity index is 1.94. The van der Waals surface area contributed by atoms with E-state index in [2.05, 4.69) is 0 Å². The van der Waals surface area contributed by atoms with Gasteiger partial charge in [0.1, 0.15) is 11.6 Å². The normalized spacial score (nSPS) is 12.0. The Labute approximate surface area is 192 Å². The first kappa shape index (κ1) is 22.4. The minimum atomic E-state index is -0.581. The molecule has 0 aliphatic rings. The van der Waals surface area contributed by atoms with E-state index in [1.54, 1.807) is 41.9 Å². The van der Waals surface area contributed by atoms with Crippen LogP contribution in [0.15, 0.2) is 71.5 Å². The Morgan fingerprint density at radius 1 is 1.03 bits per heavy atom. The van der Waals surface area contributed by atoms with E-state index in [-0.39, 0.29) is 11.1 Å². The van der Waals surface area contributed by atoms with Gasteiger partial charge >= 0.3 is 0 Å². The van der Waals surface area contributed by atoms with Gasteiger partial charge in [-0.15, -0.1) is 0 Å². The number of carbonyl (C=O) groups excluding carboxylic acids is 1. The van der Waals surface area contributed by atoms with Crippen LogP contribution in [-0.2, 0) is 0 Å². The van der Waals surface area contributed by atoms with E-state index in [1.807, 2.05) is 45.0 Å². The number of benzene rings is 3. The number of fused-ring (bicyclic) bond motifs is 1. The maximum absolute atomic E-state index is 14.4. The Kier molecular flexibility index (Phi) is 6.09. The molecule has 0 bridgehead atoms. The molecule has 3 aromatic carbocycles. The van der Waals surface area contributed by atoms with Gasteiger partial charge < -0.3 is 4.90 Å². The zero-order valence-electron chi connectivity index (χ0n) is 19.2. The fraction of sp³-hybridized carbons (Fsp3) is 0.222. The highest BCUT2D eigenvalue weighted by Crippen LogP contribution is 2.27. The second kappa shape index (κ2) is 8.98. The van der Waals surface area contributed by atoms with Crippen molar-refractivity contribution >= 4 is 16.8 Å². The molecule has 4 aromatic rings. The predicted molar refractivity (Wildman–Crippen MR) is 128 cm³/mol. The molecule has 0 spiro atoms. The molecule has 1 amide bonds. The minimum absolute atomic E-state index is 0.0145. The molecule has 0 saturated heterocycles. The zero-order valence-corrected chi connectivity index (χ0v) is 19.2. The van der Waals surface area contributed by atoms with Gasteiger partial charge in [-0.25, -0.2) is 9.37 Å². The number of amides is 1. The highest BCUT2D eigenvalue weighted by Gasteiger charge is 2.28. The summed E-state index contributed by atoms with van der Waals surface area (Å²) >= 11 is 0. The molecule has 6 heteroatoms. The van der Waals surface area contributed by atoms with Gasteiger partial charge in [-0.2, -0.15) is 0 Å². The second-order valence-corrected chi connectivity index (χ2v) is 8.22. The van der Waals surface area contributed by atoms with Crippen LogP contribution in [0.2, 0.25) is 0 Å². The van der Waals surface area contributed by atoms with Gasteiger partial charge in [-0.3, -0.25) is 14.2 Å². The Morgan fingerprint density at radius 2 is 1.73 bits per heavy atom. The van der Waals surface area contributed by atoms with Crippen LogP contribution in [0.1, 0.15) is 46.7 Å². The third-order valence-electron chi connectivity index (χ3n) is 6.13. The molecule has 0 radical (unpaired) electrons. The topological polar surface area (TPSA) is 55.2 Å². The molecular weight excluding hydrogens is 417 g/mol. The van der Waals surface area contributed by atoms with Gasteiger partial charge in [0.25, 0.3) is 11.5 Å². The fourth-order valence-electron chi connectivity index (χ4n) is 4.08. The van der Waals surface area contributed by atoms with Crippen molar-refractivity contribution < 1.29 is 9.18 Å². The van der Waals surface area contributed by atoms with Crippen LogP contribution in [0.25, 0.3) is 16.6 Å². The first-order valence-electron chi connectivity index (χ1n) is 10.9. The van der Waals surface area contributed by atoms with Crippen molar-refractivity contribution in [3.63, 3.8) is 0 Å². The zero-order chi connectivity index (χ0) is 23.7. The number of hydrogen-bond donors (Lipinski definition) is 0. The largest absolute Gasteiger partial charge is 0.331 e. The van der Waals surface area contributed by atoms with Crippen molar-refractivity contribution in [3.8, 4) is 5.69 Å². The molecule has 0 fully saturated rings. The smallest absolute Gasteiger partial charge is 0.266 e. The van der Waals surface area contributed by atoms with E-state index in [0.717, 1.165) is 11.1 Å². The molecule has 1 aromatic heterocycles. The quantitative estimate of drug-likeness (QED) is 0.417. The van der Waals surface area contributed by atoms with E-state index in [1.165, 1.54) is 17.0 Å². The van der Waals surface area contributed by atoms with Crippen molar-refractivity contribution in [2.75, 3.05) is 7.05 Å². The number of hydrogen-bond acceptors (Lipinski definition) is 3. The number of nitrogens with zero attached hydrogens (tertiary/aromatic N) is 3. The van der Waals surface area contributed by atoms with Crippen LogP contribution in [0.4, 0.5) is 4.39 Å². The van der Waals surface area contributed by atoms with Crippen LogP contribution in [0.5, 0.6) is 0 Å². The second-order valence-electron chi connectivity index (χ2n) is 8.22. The summed E-state index contributed by atoms with van der Waals surface area (Å²) in [5, 5.41) is 0.498. The summed E-state index contributed by atoms with van der Waals surface area (Å²) in [7, 11) is 1.62. The highest BCUT2D eigenvalue weighted by atomic mass is 19.1. The maximum Gasteiger partial charge on any atom is 0.266 e. The summed E-state index contributed by atoms with van der Waals surface area (Å²) < 4.78 is 15.9. The standard InChI is InChI=1S/C27H26FN3O2/c1-5-24(30(4)26(32)20-10-6-8-12-22(20)28)25-29-23-13-9-7-11-21(23)27(33)31(25)19-15-14-17(2)18(3)16-19/h6-16,24H,5H2,1-4H3. The summed E-state index contributed by atoms with van der Waals surface area (Å²) in [5.41, 5.74) is 3.18. The number of para-hydroxylation sites is 1. The lowest BCUT2D eigenvalue weighted by molar-refractivity contribution is 0.0712. The molecule has 168 valence electrons. The van der Waals surface area contributed by atoms with Crippen molar-refractivity contribution in [1.82, 2.24) is 14.5 Å². The number of rotatable bonds is 5. The number of carbonyl (C=O) groups is 1. The summed E-state index contributed by atoms with van der Waals surface area (Å²) in [4.78, 5) is 33.1. The lowest BCUT2D eigenvalue weighted by Gasteiger charge is -2.29. The molecule has 5 nitrogen and oxygen atoms in total. The van der Waals surface area contributed by atoms with Crippen molar-refractivity contribution in [2.45, 2.75) is 33.2 Å². The first-order chi connectivity index (χ1) is 15.8. The van der Waals surface area contributed by atoms with Gasteiger partial charge in [0.05, 0.1) is 28.2 Å². The summed E-state index contributed by atoms with van der Waals surface area (Å²) in [6.07, 6.45) is 0.492. The van der Waals surface area contributed by atoms with Crippen LogP contribution < -0.4 is 5.56 Å². The molecule has 0 aliphatic heterocycles. The maximum atomic E-state index is 14.4. The number of aryl methyl sites for hydroxylation is 2. The Morgan fingerprint density at radius 3 is 2.42 bits per heavy atom. The summed E-state index contributed by atoms with van der Waals surface area (Å²) in [6, 6.07) is 18.3. The molecule has 33 heavy (non-hydrogen) atoms. The van der Waals surface area contributed by atoms with Gasteiger partial charge in [0, 0.05) is 7.05 Å². The van der Waals surface area contributed by atoms with Crippen molar-refractivity contribution in [2.24, 2.45) is 0 Å². The molecule has 1 unspecified atom stereocenters. The van der Waals surface area contributed by atoms with Crippen LogP contribution in [0.3, 0.4) is 0 Å². The van der Waals surface area contributed by atoms with Gasteiger partial charge in [-0.1, -0.05) is 37.3 Å². The molecule has 0 N–H and O–H groups in total. The van der Waals surface area contributed by atoms with Gasteiger partial charge in [0.2, 0.25) is 0 Å². The lowest BCUT2D eigenvalue weighted by atomic mass is 10.1. The third-order valence-corrected chi connectivity index (χ3v) is 6.13. The molecule has 1 heterocycles. The molecular formula is C27H26FN3O2. The average molecular weight is 444 g/mol. The van der Waals surface area contributed by atoms with Crippen LogP contribution in [-0.4, -0.2) is 27.4 Å². The monoisotopic (exact) mass is 443 g/mol. The Bertz CT molecular complexity index is 1410. The van der Waals surface area contributed by atoms with E-state index in [4.69, 9.17) is 4.98 Å². The van der Waals surface area contributed by atoms with E-state index in [0.29, 0.717) is 28.8 Å². The van der Waals surface area contributed by atoms with Crippen LogP contribution >= 0.6 is 0 Å². The van der Waals surface area contributed by atoms with E-state index < -0.39 is 17.8 Å². The SMILES string of the molecule is CCC(c1nc2ccccc2c(=O)n1-c1ccc(C)c(C)c1)N(C)C(=O)c1ccccc1F. The first-order valence-corrected chi connectivity index (χ1v) is 10.9. The average Bonchev–Trinajstić information content (AvgIpc) is 2.81. The molecule has 4 rings (SSSR count). The van der Waals surface area contributed by atoms with Gasteiger partial charge in [-0.05, 0) is 67.8 Å². The predicted octanol–water partition coefficient (Wildman–Crippen LogP) is 5.36. The minimum Gasteiger partial charge on any atom is -0.331 e. The highest BCUT2D eigenvalue weighted by molar-refractivity contribution is 5.94. The Hall–Kier alpha value is -3.80. The van der Waals surface area contributed by atoms with Crippen molar-refractivity contribution in [1.29, 1.82) is 0 Å².